The summed E-state index contributed by atoms with van der Waals surface area (Å²) in [5.74, 6) is 0.307. The maximum atomic E-state index is 12.0. The Balaban J connectivity index is 1.39. The molecule has 3 rings (SSSR count). The highest BCUT2D eigenvalue weighted by molar-refractivity contribution is 5.78. The van der Waals surface area contributed by atoms with Crippen LogP contribution in [0.15, 0.2) is 0 Å². The van der Waals surface area contributed by atoms with Gasteiger partial charge < -0.3 is 15.1 Å². The first-order valence-corrected chi connectivity index (χ1v) is 7.58. The molecule has 102 valence electrons. The molecule has 1 saturated carbocycles. The summed E-state index contributed by atoms with van der Waals surface area (Å²) < 4.78 is 0. The molecule has 0 aromatic heterocycles. The Morgan fingerprint density at radius 1 is 1.00 bits per heavy atom. The molecule has 0 spiro atoms. The van der Waals surface area contributed by atoms with E-state index in [0.717, 1.165) is 19.1 Å². The van der Waals surface area contributed by atoms with Gasteiger partial charge in [0.25, 0.3) is 0 Å². The minimum Gasteiger partial charge on any atom is -0.341 e. The van der Waals surface area contributed by atoms with Crippen molar-refractivity contribution in [2.45, 2.75) is 50.6 Å². The third-order valence-corrected chi connectivity index (χ3v) is 4.59. The van der Waals surface area contributed by atoms with Crippen molar-refractivity contribution in [1.29, 1.82) is 0 Å². The van der Waals surface area contributed by atoms with Crippen LogP contribution in [0.4, 0.5) is 0 Å². The van der Waals surface area contributed by atoms with E-state index in [1.807, 2.05) is 0 Å². The van der Waals surface area contributed by atoms with E-state index in [0.29, 0.717) is 18.5 Å². The third-order valence-electron chi connectivity index (χ3n) is 4.59. The van der Waals surface area contributed by atoms with Gasteiger partial charge in [0, 0.05) is 25.2 Å². The molecule has 3 fully saturated rings. The van der Waals surface area contributed by atoms with Crippen LogP contribution in [0, 0.1) is 0 Å². The van der Waals surface area contributed by atoms with Crippen molar-refractivity contribution in [2.24, 2.45) is 0 Å². The van der Waals surface area contributed by atoms with Crippen LogP contribution in [0.2, 0.25) is 0 Å². The molecular weight excluding hydrogens is 226 g/mol. The van der Waals surface area contributed by atoms with Gasteiger partial charge in [-0.25, -0.2) is 0 Å². The number of piperidine rings is 1. The van der Waals surface area contributed by atoms with Crippen LogP contribution in [0.1, 0.15) is 38.5 Å². The Bertz CT molecular complexity index is 289. The van der Waals surface area contributed by atoms with E-state index >= 15 is 0 Å². The molecule has 0 aromatic rings. The number of nitrogens with zero attached hydrogens (tertiary/aromatic N) is 2. The van der Waals surface area contributed by atoms with Crippen molar-refractivity contribution in [1.82, 2.24) is 15.1 Å². The van der Waals surface area contributed by atoms with E-state index < -0.39 is 0 Å². The van der Waals surface area contributed by atoms with Crippen molar-refractivity contribution >= 4 is 5.91 Å². The van der Waals surface area contributed by atoms with Gasteiger partial charge in [-0.05, 0) is 51.6 Å². The molecule has 1 aliphatic carbocycles. The molecule has 0 aromatic carbocycles. The van der Waals surface area contributed by atoms with E-state index in [1.165, 1.54) is 51.6 Å². The maximum absolute atomic E-state index is 12.0. The maximum Gasteiger partial charge on any atom is 0.236 e. The number of carbonyl (C=O) groups is 1. The lowest BCUT2D eigenvalue weighted by Crippen LogP contribution is -2.48. The molecule has 0 atom stereocenters. The fraction of sp³-hybridized carbons (Fsp3) is 0.929. The molecule has 2 heterocycles. The molecular formula is C14H25N3O. The Labute approximate surface area is 110 Å². The summed E-state index contributed by atoms with van der Waals surface area (Å²) in [5.41, 5.74) is 0. The fourth-order valence-corrected chi connectivity index (χ4v) is 3.22. The van der Waals surface area contributed by atoms with Gasteiger partial charge in [-0.3, -0.25) is 4.79 Å². The topological polar surface area (TPSA) is 35.6 Å². The molecule has 2 aliphatic heterocycles. The first kappa shape index (κ1) is 12.4. The molecule has 0 bridgehead atoms. The quantitative estimate of drug-likeness (QED) is 0.804. The second-order valence-corrected chi connectivity index (χ2v) is 6.01. The summed E-state index contributed by atoms with van der Waals surface area (Å²) in [7, 11) is 0. The largest absolute Gasteiger partial charge is 0.341 e. The van der Waals surface area contributed by atoms with Crippen LogP contribution in [-0.2, 0) is 4.79 Å². The van der Waals surface area contributed by atoms with E-state index in [4.69, 9.17) is 0 Å². The number of hydrogen-bond acceptors (Lipinski definition) is 3. The highest BCUT2D eigenvalue weighted by Crippen LogP contribution is 2.21. The van der Waals surface area contributed by atoms with Crippen molar-refractivity contribution in [3.05, 3.63) is 0 Å². The van der Waals surface area contributed by atoms with Gasteiger partial charge in [-0.15, -0.1) is 0 Å². The summed E-state index contributed by atoms with van der Waals surface area (Å²) in [6.45, 7) is 5.04. The van der Waals surface area contributed by atoms with Crippen LogP contribution in [0.5, 0.6) is 0 Å². The van der Waals surface area contributed by atoms with Crippen LogP contribution >= 0.6 is 0 Å². The van der Waals surface area contributed by atoms with Crippen LogP contribution in [0.25, 0.3) is 0 Å². The lowest BCUT2D eigenvalue weighted by Gasteiger charge is -2.36. The lowest BCUT2D eigenvalue weighted by molar-refractivity contribution is -0.131. The molecule has 2 saturated heterocycles. The minimum absolute atomic E-state index is 0.307. The second-order valence-electron chi connectivity index (χ2n) is 6.01. The summed E-state index contributed by atoms with van der Waals surface area (Å²) in [6.07, 6.45) is 7.59. The molecule has 0 radical (unpaired) electrons. The van der Waals surface area contributed by atoms with Gasteiger partial charge >= 0.3 is 0 Å². The van der Waals surface area contributed by atoms with Gasteiger partial charge in [0.05, 0.1) is 6.54 Å². The summed E-state index contributed by atoms with van der Waals surface area (Å²) in [5, 5.41) is 3.32. The zero-order valence-electron chi connectivity index (χ0n) is 11.2. The smallest absolute Gasteiger partial charge is 0.236 e. The van der Waals surface area contributed by atoms with Crippen molar-refractivity contribution in [3.8, 4) is 0 Å². The zero-order valence-corrected chi connectivity index (χ0v) is 11.2. The highest BCUT2D eigenvalue weighted by Gasteiger charge is 2.29. The number of carbonyl (C=O) groups excluding carboxylic acids is 1. The zero-order chi connectivity index (χ0) is 12.4. The minimum atomic E-state index is 0.307. The fourth-order valence-electron chi connectivity index (χ4n) is 3.22. The van der Waals surface area contributed by atoms with Crippen molar-refractivity contribution in [3.63, 3.8) is 0 Å². The Morgan fingerprint density at radius 2 is 1.67 bits per heavy atom. The number of rotatable bonds is 4. The molecule has 18 heavy (non-hydrogen) atoms. The van der Waals surface area contributed by atoms with Crippen LogP contribution < -0.4 is 5.32 Å². The molecule has 0 unspecified atom stereocenters. The standard InChI is InChI=1S/C14H25N3O/c18-14(11-15-12-3-4-12)17-9-5-13(6-10-17)16-7-1-2-8-16/h12-13,15H,1-11H2. The Hall–Kier alpha value is -0.610. The number of likely N-dealkylation sites (tertiary alicyclic amines) is 2. The number of nitrogens with one attached hydrogen (secondary N) is 1. The Kier molecular flexibility index (Phi) is 3.85. The normalized spacial score (nSPS) is 26.8. The van der Waals surface area contributed by atoms with Gasteiger partial charge in [0.2, 0.25) is 5.91 Å². The van der Waals surface area contributed by atoms with Gasteiger partial charge in [-0.2, -0.15) is 0 Å². The molecule has 1 amide bonds. The molecule has 3 aliphatic rings. The van der Waals surface area contributed by atoms with E-state index in [9.17, 15) is 4.79 Å². The Morgan fingerprint density at radius 3 is 2.28 bits per heavy atom. The van der Waals surface area contributed by atoms with Crippen molar-refractivity contribution in [2.75, 3.05) is 32.7 Å². The van der Waals surface area contributed by atoms with E-state index in [-0.39, 0.29) is 0 Å². The summed E-state index contributed by atoms with van der Waals surface area (Å²) in [6, 6.07) is 1.38. The molecule has 4 nitrogen and oxygen atoms in total. The lowest BCUT2D eigenvalue weighted by atomic mass is 10.0. The SMILES string of the molecule is O=C(CNC1CC1)N1CCC(N2CCCC2)CC1. The summed E-state index contributed by atoms with van der Waals surface area (Å²) >= 11 is 0. The van der Waals surface area contributed by atoms with Gasteiger partial charge in [0.15, 0.2) is 0 Å². The number of hydrogen-bond donors (Lipinski definition) is 1. The van der Waals surface area contributed by atoms with E-state index in [2.05, 4.69) is 15.1 Å². The van der Waals surface area contributed by atoms with E-state index in [1.54, 1.807) is 0 Å². The average Bonchev–Trinajstić information content (AvgIpc) is 3.08. The molecule has 1 N–H and O–H groups in total. The van der Waals surface area contributed by atoms with Crippen LogP contribution in [0.3, 0.4) is 0 Å². The third kappa shape index (κ3) is 3.04. The average molecular weight is 251 g/mol. The van der Waals surface area contributed by atoms with Gasteiger partial charge in [0.1, 0.15) is 0 Å². The van der Waals surface area contributed by atoms with Crippen LogP contribution in [-0.4, -0.2) is 60.5 Å². The molecule has 4 heteroatoms. The monoisotopic (exact) mass is 251 g/mol. The first-order valence-electron chi connectivity index (χ1n) is 7.58. The first-order chi connectivity index (χ1) is 8.83. The predicted molar refractivity (Wildman–Crippen MR) is 71.4 cm³/mol. The second kappa shape index (κ2) is 5.57. The summed E-state index contributed by atoms with van der Waals surface area (Å²) in [4.78, 5) is 16.7. The highest BCUT2D eigenvalue weighted by atomic mass is 16.2. The number of amides is 1. The predicted octanol–water partition coefficient (Wildman–Crippen LogP) is 0.825. The van der Waals surface area contributed by atoms with Crippen molar-refractivity contribution < 1.29 is 4.79 Å². The van der Waals surface area contributed by atoms with Gasteiger partial charge in [-0.1, -0.05) is 0 Å².